The number of nitrogens with two attached hydrogens (primary N) is 1. The Labute approximate surface area is 147 Å². The van der Waals surface area contributed by atoms with E-state index in [2.05, 4.69) is 36.7 Å². The molecule has 0 aliphatic rings. The van der Waals surface area contributed by atoms with Crippen LogP contribution in [-0.2, 0) is 12.5 Å². The molecule has 5 nitrogen and oxygen atoms in total. The van der Waals surface area contributed by atoms with Crippen LogP contribution in [0.15, 0.2) is 22.0 Å². The summed E-state index contributed by atoms with van der Waals surface area (Å²) in [6.45, 7) is 1.82. The lowest BCUT2D eigenvalue weighted by atomic mass is 10.1. The van der Waals surface area contributed by atoms with E-state index in [-0.39, 0.29) is 9.35 Å². The van der Waals surface area contributed by atoms with Crippen molar-refractivity contribution in [2.75, 3.05) is 5.32 Å². The van der Waals surface area contributed by atoms with Crippen LogP contribution in [0.1, 0.15) is 16.7 Å². The monoisotopic (exact) mass is 419 g/mol. The molecule has 23 heavy (non-hydrogen) atoms. The molecule has 0 radical (unpaired) electrons. The minimum absolute atomic E-state index is 0.163. The van der Waals surface area contributed by atoms with Crippen LogP contribution in [0.5, 0.6) is 0 Å². The summed E-state index contributed by atoms with van der Waals surface area (Å²) in [5.41, 5.74) is 5.78. The third-order valence-electron chi connectivity index (χ3n) is 3.22. The Bertz CT molecular complexity index is 819. The van der Waals surface area contributed by atoms with E-state index in [0.29, 0.717) is 22.6 Å². The highest BCUT2D eigenvalue weighted by atomic mass is 79.9. The number of rotatable bonds is 5. The van der Waals surface area contributed by atoms with Crippen molar-refractivity contribution >= 4 is 54.6 Å². The van der Waals surface area contributed by atoms with Gasteiger partial charge in [0, 0.05) is 4.88 Å². The summed E-state index contributed by atoms with van der Waals surface area (Å²) in [5, 5.41) is 16.5. The van der Waals surface area contributed by atoms with Crippen molar-refractivity contribution in [3.8, 4) is 0 Å². The molecule has 1 atom stereocenters. The third kappa shape index (κ3) is 3.08. The van der Waals surface area contributed by atoms with Crippen LogP contribution in [-0.4, -0.2) is 21.5 Å². The lowest BCUT2D eigenvalue weighted by Crippen LogP contribution is -2.35. The molecule has 0 saturated heterocycles. The van der Waals surface area contributed by atoms with Gasteiger partial charge in [-0.2, -0.15) is 8.78 Å². The minimum atomic E-state index is -3.16. The van der Waals surface area contributed by atoms with Gasteiger partial charge in [0.25, 0.3) is 5.92 Å². The molecular weight excluding hydrogens is 408 g/mol. The van der Waals surface area contributed by atoms with Crippen LogP contribution < -0.4 is 11.1 Å². The average Bonchev–Trinajstić information content (AvgIpc) is 3.14. The second-order valence-corrected chi connectivity index (χ2v) is 7.75. The van der Waals surface area contributed by atoms with Crippen LogP contribution in [0.3, 0.4) is 0 Å². The maximum atomic E-state index is 14.3. The van der Waals surface area contributed by atoms with E-state index in [4.69, 9.17) is 5.73 Å². The Kier molecular flexibility index (Phi) is 4.59. The molecule has 0 aliphatic heterocycles. The van der Waals surface area contributed by atoms with E-state index in [0.717, 1.165) is 16.2 Å². The molecule has 122 valence electrons. The van der Waals surface area contributed by atoms with Gasteiger partial charge in [0.2, 0.25) is 0 Å². The van der Waals surface area contributed by atoms with Gasteiger partial charge in [-0.3, -0.25) is 0 Å². The largest absolute Gasteiger partial charge is 0.362 e. The first-order valence-corrected chi connectivity index (χ1v) is 9.11. The predicted octanol–water partition coefficient (Wildman–Crippen LogP) is 3.96. The van der Waals surface area contributed by atoms with Gasteiger partial charge in [-0.25, -0.2) is 0 Å². The Morgan fingerprint density at radius 1 is 1.43 bits per heavy atom. The van der Waals surface area contributed by atoms with E-state index in [9.17, 15) is 8.78 Å². The SMILES string of the molecule is C[C@H](N)C(F)(F)c1sc2c(NCc3cccs3)nnnc2c1Br. The highest BCUT2D eigenvalue weighted by Crippen LogP contribution is 2.45. The molecule has 0 saturated carbocycles. The Morgan fingerprint density at radius 2 is 2.22 bits per heavy atom. The lowest BCUT2D eigenvalue weighted by molar-refractivity contribution is -0.0224. The van der Waals surface area contributed by atoms with Crippen LogP contribution in [0.2, 0.25) is 0 Å². The van der Waals surface area contributed by atoms with Crippen molar-refractivity contribution in [1.29, 1.82) is 0 Å². The van der Waals surface area contributed by atoms with Gasteiger partial charge in [0.1, 0.15) is 10.2 Å². The molecule has 0 amide bonds. The summed E-state index contributed by atoms with van der Waals surface area (Å²) in [6, 6.07) is 2.61. The van der Waals surface area contributed by atoms with E-state index < -0.39 is 12.0 Å². The first-order valence-electron chi connectivity index (χ1n) is 6.62. The van der Waals surface area contributed by atoms with Crippen LogP contribution >= 0.6 is 38.6 Å². The Balaban J connectivity index is 2.01. The summed E-state index contributed by atoms with van der Waals surface area (Å²) in [6.07, 6.45) is 0. The van der Waals surface area contributed by atoms with E-state index >= 15 is 0 Å². The average molecular weight is 420 g/mol. The van der Waals surface area contributed by atoms with Gasteiger partial charge in [-0.15, -0.1) is 32.9 Å². The fourth-order valence-electron chi connectivity index (χ4n) is 1.93. The molecule has 3 rings (SSSR count). The van der Waals surface area contributed by atoms with Crippen LogP contribution in [0.25, 0.3) is 10.2 Å². The fourth-order valence-corrected chi connectivity index (χ4v) is 4.65. The number of alkyl halides is 2. The van der Waals surface area contributed by atoms with Crippen molar-refractivity contribution in [2.24, 2.45) is 5.73 Å². The summed E-state index contributed by atoms with van der Waals surface area (Å²) in [5.74, 6) is -2.73. The number of nitrogens with one attached hydrogen (secondary N) is 1. The number of hydrogen-bond acceptors (Lipinski definition) is 7. The smallest absolute Gasteiger partial charge is 0.297 e. The summed E-state index contributed by atoms with van der Waals surface area (Å²) in [7, 11) is 0. The number of halogens is 3. The van der Waals surface area contributed by atoms with Gasteiger partial charge < -0.3 is 11.1 Å². The predicted molar refractivity (Wildman–Crippen MR) is 92.1 cm³/mol. The Morgan fingerprint density at radius 3 is 2.87 bits per heavy atom. The van der Waals surface area contributed by atoms with Crippen LogP contribution in [0, 0.1) is 0 Å². The van der Waals surface area contributed by atoms with Gasteiger partial charge >= 0.3 is 0 Å². The normalized spacial score (nSPS) is 13.4. The second-order valence-electron chi connectivity index (χ2n) is 4.91. The third-order valence-corrected chi connectivity index (χ3v) is 6.40. The highest BCUT2D eigenvalue weighted by molar-refractivity contribution is 9.10. The zero-order chi connectivity index (χ0) is 16.6. The minimum Gasteiger partial charge on any atom is -0.362 e. The van der Waals surface area contributed by atoms with E-state index in [1.54, 1.807) is 11.3 Å². The molecule has 0 aliphatic carbocycles. The molecule has 3 heterocycles. The van der Waals surface area contributed by atoms with E-state index in [1.807, 2.05) is 17.5 Å². The molecule has 0 unspecified atom stereocenters. The lowest BCUT2D eigenvalue weighted by Gasteiger charge is -2.18. The number of nitrogens with zero attached hydrogens (tertiary/aromatic N) is 3. The van der Waals surface area contributed by atoms with E-state index in [1.165, 1.54) is 6.92 Å². The van der Waals surface area contributed by atoms with Crippen molar-refractivity contribution < 1.29 is 8.78 Å². The molecular formula is C13H12BrF2N5S2. The summed E-state index contributed by atoms with van der Waals surface area (Å²) < 4.78 is 29.3. The summed E-state index contributed by atoms with van der Waals surface area (Å²) in [4.78, 5) is 0.942. The molecule has 0 spiro atoms. The zero-order valence-corrected chi connectivity index (χ0v) is 15.1. The van der Waals surface area contributed by atoms with Crippen molar-refractivity contribution in [2.45, 2.75) is 25.4 Å². The maximum Gasteiger partial charge on any atom is 0.297 e. The first-order chi connectivity index (χ1) is 10.9. The fraction of sp³-hybridized carbons (Fsp3) is 0.308. The number of aromatic nitrogens is 3. The first kappa shape index (κ1) is 16.6. The summed E-state index contributed by atoms with van der Waals surface area (Å²) >= 11 is 5.72. The number of anilines is 1. The number of fused-ring (bicyclic) bond motifs is 1. The molecule has 10 heteroatoms. The Hall–Kier alpha value is -1.23. The van der Waals surface area contributed by atoms with Gasteiger partial charge in [-0.1, -0.05) is 6.07 Å². The topological polar surface area (TPSA) is 76.7 Å². The van der Waals surface area contributed by atoms with Gasteiger partial charge in [0.05, 0.1) is 21.9 Å². The molecule has 0 aromatic carbocycles. The molecule has 3 aromatic rings. The maximum absolute atomic E-state index is 14.3. The molecule has 3 N–H and O–H groups in total. The number of thiophene rings is 2. The van der Waals surface area contributed by atoms with Crippen LogP contribution in [0.4, 0.5) is 14.6 Å². The highest BCUT2D eigenvalue weighted by Gasteiger charge is 2.41. The molecule has 0 bridgehead atoms. The second kappa shape index (κ2) is 6.34. The molecule has 0 fully saturated rings. The number of hydrogen-bond donors (Lipinski definition) is 2. The van der Waals surface area contributed by atoms with Crippen molar-refractivity contribution in [3.63, 3.8) is 0 Å². The molecule has 3 aromatic heterocycles. The van der Waals surface area contributed by atoms with Gasteiger partial charge in [0.15, 0.2) is 5.82 Å². The van der Waals surface area contributed by atoms with Crippen molar-refractivity contribution in [3.05, 3.63) is 31.7 Å². The quantitative estimate of drug-likeness (QED) is 0.654. The standard InChI is InChI=1S/C13H12BrF2N5S2/c1-6(17)13(15,16)11-8(14)9-10(23-11)12(20-21-19-9)18-5-7-3-2-4-22-7/h2-4,6H,5,17H2,1H3,(H,18,19,20)/t6-/m0/s1. The van der Waals surface area contributed by atoms with Crippen molar-refractivity contribution in [1.82, 2.24) is 15.4 Å². The zero-order valence-electron chi connectivity index (χ0n) is 11.9. The van der Waals surface area contributed by atoms with Gasteiger partial charge in [-0.05, 0) is 39.5 Å².